The average Bonchev–Trinajstić information content (AvgIpc) is 2.15. The summed E-state index contributed by atoms with van der Waals surface area (Å²) >= 11 is 0. The largest absolute Gasteiger partial charge is 0.334 e. The van der Waals surface area contributed by atoms with Crippen molar-refractivity contribution in [2.75, 3.05) is 5.32 Å². The molecule has 0 saturated carbocycles. The van der Waals surface area contributed by atoms with Gasteiger partial charge in [-0.2, -0.15) is 0 Å². The summed E-state index contributed by atoms with van der Waals surface area (Å²) in [6.45, 7) is 0.379. The molecule has 0 fully saturated rings. The molecular weight excluding hydrogens is 240 g/mol. The average molecular weight is 247 g/mol. The summed E-state index contributed by atoms with van der Waals surface area (Å²) in [5, 5.41) is 5.06. The first-order valence-electron chi connectivity index (χ1n) is 4.09. The van der Waals surface area contributed by atoms with E-state index in [1.807, 2.05) is 0 Å². The summed E-state index contributed by atoms with van der Waals surface area (Å²) in [7, 11) is 1.43. The van der Waals surface area contributed by atoms with Crippen LogP contribution in [0.3, 0.4) is 0 Å². The Labute approximate surface area is 90.8 Å². The SMILES string of the molecule is O=C1NCc2ccc(S(=O)(=O)Cl)cc2N1. The molecule has 0 bridgehead atoms. The lowest BCUT2D eigenvalue weighted by Crippen LogP contribution is -2.33. The predicted octanol–water partition coefficient (Wildman–Crippen LogP) is 1.25. The van der Waals surface area contributed by atoms with Crippen molar-refractivity contribution in [3.05, 3.63) is 23.8 Å². The van der Waals surface area contributed by atoms with Gasteiger partial charge in [-0.3, -0.25) is 0 Å². The zero-order valence-electron chi connectivity index (χ0n) is 7.45. The van der Waals surface area contributed by atoms with Crippen molar-refractivity contribution < 1.29 is 13.2 Å². The van der Waals surface area contributed by atoms with Crippen molar-refractivity contribution in [2.24, 2.45) is 0 Å². The highest BCUT2D eigenvalue weighted by Gasteiger charge is 2.17. The van der Waals surface area contributed by atoms with E-state index in [1.165, 1.54) is 12.1 Å². The van der Waals surface area contributed by atoms with Crippen LogP contribution in [0.1, 0.15) is 5.56 Å². The summed E-state index contributed by atoms with van der Waals surface area (Å²) < 4.78 is 22.1. The van der Waals surface area contributed by atoms with Crippen LogP contribution in [-0.2, 0) is 15.6 Å². The summed E-state index contributed by atoms with van der Waals surface area (Å²) in [4.78, 5) is 11.0. The zero-order chi connectivity index (χ0) is 11.1. The standard InChI is InChI=1S/C8H7ClN2O3S/c9-15(13,14)6-2-1-5-4-10-8(12)11-7(5)3-6/h1-3H,4H2,(H2,10,11,12). The number of fused-ring (bicyclic) bond motifs is 1. The van der Waals surface area contributed by atoms with Crippen molar-refractivity contribution in [1.29, 1.82) is 0 Å². The van der Waals surface area contributed by atoms with Crippen LogP contribution in [0.2, 0.25) is 0 Å². The number of urea groups is 1. The van der Waals surface area contributed by atoms with E-state index in [2.05, 4.69) is 10.6 Å². The minimum Gasteiger partial charge on any atom is -0.334 e. The molecule has 0 radical (unpaired) electrons. The van der Waals surface area contributed by atoms with Gasteiger partial charge < -0.3 is 10.6 Å². The Bertz CT molecular complexity index is 527. The van der Waals surface area contributed by atoms with Gasteiger partial charge in [-0.1, -0.05) is 6.07 Å². The van der Waals surface area contributed by atoms with Crippen molar-refractivity contribution >= 4 is 31.5 Å². The maximum atomic E-state index is 11.0. The van der Waals surface area contributed by atoms with Gasteiger partial charge in [0.15, 0.2) is 0 Å². The van der Waals surface area contributed by atoms with Crippen molar-refractivity contribution in [3.63, 3.8) is 0 Å². The summed E-state index contributed by atoms with van der Waals surface area (Å²) in [5.41, 5.74) is 1.29. The minimum absolute atomic E-state index is 0.0230. The van der Waals surface area contributed by atoms with Gasteiger partial charge in [0, 0.05) is 22.9 Å². The number of amides is 2. The fourth-order valence-corrected chi connectivity index (χ4v) is 2.10. The second kappa shape index (κ2) is 3.39. The second-order valence-electron chi connectivity index (χ2n) is 3.06. The first kappa shape index (κ1) is 10.3. The minimum atomic E-state index is -3.75. The number of rotatable bonds is 1. The number of halogens is 1. The van der Waals surface area contributed by atoms with Crippen molar-refractivity contribution in [1.82, 2.24) is 5.32 Å². The van der Waals surface area contributed by atoms with Crippen LogP contribution in [0.15, 0.2) is 23.1 Å². The number of benzene rings is 1. The van der Waals surface area contributed by atoms with Crippen LogP contribution in [-0.4, -0.2) is 14.4 Å². The molecule has 0 spiro atoms. The number of carbonyl (C=O) groups excluding carboxylic acids is 1. The molecule has 1 aliphatic rings. The lowest BCUT2D eigenvalue weighted by molar-refractivity contribution is 0.251. The third-order valence-corrected chi connectivity index (χ3v) is 3.40. The third kappa shape index (κ3) is 2.05. The second-order valence-corrected chi connectivity index (χ2v) is 5.63. The van der Waals surface area contributed by atoms with E-state index < -0.39 is 9.05 Å². The Balaban J connectivity index is 2.50. The van der Waals surface area contributed by atoms with Gasteiger partial charge in [0.25, 0.3) is 9.05 Å². The predicted molar refractivity (Wildman–Crippen MR) is 55.3 cm³/mol. The first-order chi connectivity index (χ1) is 6.97. The zero-order valence-corrected chi connectivity index (χ0v) is 9.02. The Morgan fingerprint density at radius 3 is 2.73 bits per heavy atom. The molecule has 2 N–H and O–H groups in total. The van der Waals surface area contributed by atoms with Crippen LogP contribution in [0, 0.1) is 0 Å². The normalized spacial score (nSPS) is 15.1. The first-order valence-corrected chi connectivity index (χ1v) is 6.40. The van der Waals surface area contributed by atoms with Gasteiger partial charge in [-0.05, 0) is 17.7 Å². The molecule has 0 saturated heterocycles. The summed E-state index contributed by atoms with van der Waals surface area (Å²) in [6, 6.07) is 4.00. The van der Waals surface area contributed by atoms with Crippen molar-refractivity contribution in [2.45, 2.75) is 11.4 Å². The fourth-order valence-electron chi connectivity index (χ4n) is 1.32. The fraction of sp³-hybridized carbons (Fsp3) is 0.125. The molecule has 2 amide bonds. The smallest absolute Gasteiger partial charge is 0.319 e. The molecular formula is C8H7ClN2O3S. The van der Waals surface area contributed by atoms with Crippen LogP contribution < -0.4 is 10.6 Å². The van der Waals surface area contributed by atoms with Crippen LogP contribution in [0.5, 0.6) is 0 Å². The highest BCUT2D eigenvalue weighted by atomic mass is 35.7. The maximum absolute atomic E-state index is 11.0. The van der Waals surface area contributed by atoms with E-state index in [1.54, 1.807) is 6.07 Å². The van der Waals surface area contributed by atoms with E-state index in [9.17, 15) is 13.2 Å². The lowest BCUT2D eigenvalue weighted by atomic mass is 10.1. The highest BCUT2D eigenvalue weighted by Crippen LogP contribution is 2.24. The van der Waals surface area contributed by atoms with Gasteiger partial charge in [0.2, 0.25) is 0 Å². The highest BCUT2D eigenvalue weighted by molar-refractivity contribution is 8.13. The number of hydrogen-bond acceptors (Lipinski definition) is 3. The molecule has 5 nitrogen and oxygen atoms in total. The summed E-state index contributed by atoms with van der Waals surface area (Å²) in [6.07, 6.45) is 0. The molecule has 0 aliphatic carbocycles. The van der Waals surface area contributed by atoms with Gasteiger partial charge in [-0.15, -0.1) is 0 Å². The van der Waals surface area contributed by atoms with E-state index in [0.717, 1.165) is 5.56 Å². The molecule has 1 aromatic carbocycles. The molecule has 15 heavy (non-hydrogen) atoms. The quantitative estimate of drug-likeness (QED) is 0.733. The Morgan fingerprint density at radius 1 is 1.33 bits per heavy atom. The van der Waals surface area contributed by atoms with E-state index >= 15 is 0 Å². The van der Waals surface area contributed by atoms with Gasteiger partial charge in [0.05, 0.1) is 4.90 Å². The van der Waals surface area contributed by atoms with Crippen LogP contribution >= 0.6 is 10.7 Å². The van der Waals surface area contributed by atoms with Gasteiger partial charge in [0.1, 0.15) is 0 Å². The number of hydrogen-bond donors (Lipinski definition) is 2. The molecule has 80 valence electrons. The van der Waals surface area contributed by atoms with E-state index in [4.69, 9.17) is 10.7 Å². The molecule has 0 unspecified atom stereocenters. The lowest BCUT2D eigenvalue weighted by Gasteiger charge is -2.18. The Hall–Kier alpha value is -1.27. The Morgan fingerprint density at radius 2 is 2.07 bits per heavy atom. The summed E-state index contributed by atoms with van der Waals surface area (Å²) in [5.74, 6) is 0. The van der Waals surface area contributed by atoms with Gasteiger partial charge >= 0.3 is 6.03 Å². The Kier molecular flexibility index (Phi) is 2.32. The molecule has 1 aliphatic heterocycles. The van der Waals surface area contributed by atoms with Gasteiger partial charge in [-0.25, -0.2) is 13.2 Å². The number of anilines is 1. The van der Waals surface area contributed by atoms with Crippen LogP contribution in [0.25, 0.3) is 0 Å². The van der Waals surface area contributed by atoms with Crippen molar-refractivity contribution in [3.8, 4) is 0 Å². The molecule has 2 rings (SSSR count). The molecule has 0 aromatic heterocycles. The molecule has 0 atom stereocenters. The van der Waals surface area contributed by atoms with Crippen LogP contribution in [0.4, 0.5) is 10.5 Å². The molecule has 1 aromatic rings. The third-order valence-electron chi connectivity index (χ3n) is 2.05. The topological polar surface area (TPSA) is 75.3 Å². The number of carbonyl (C=O) groups is 1. The molecule has 7 heteroatoms. The van der Waals surface area contributed by atoms with E-state index in [-0.39, 0.29) is 10.9 Å². The number of nitrogens with one attached hydrogen (secondary N) is 2. The maximum Gasteiger partial charge on any atom is 0.319 e. The van der Waals surface area contributed by atoms with E-state index in [0.29, 0.717) is 12.2 Å². The molecule has 1 heterocycles. The monoisotopic (exact) mass is 246 g/mol.